The molecule has 1 rings (SSSR count). The van der Waals surface area contributed by atoms with Crippen LogP contribution in [0.25, 0.3) is 0 Å². The fourth-order valence-electron chi connectivity index (χ4n) is 0.993. The van der Waals surface area contributed by atoms with Gasteiger partial charge in [0, 0.05) is 4.47 Å². The molecule has 0 atom stereocenters. The molecule has 0 aliphatic heterocycles. The Morgan fingerprint density at radius 2 is 2.19 bits per heavy atom. The standard InChI is InChI=1S/C10H9BrClNO3/c1-16-9(14)5-13-10(15)7-3-2-6(11)4-8(7)12/h2-4H,5H2,1H3,(H,13,15). The minimum Gasteiger partial charge on any atom is -0.468 e. The van der Waals surface area contributed by atoms with Gasteiger partial charge in [-0.05, 0) is 18.2 Å². The zero-order valence-electron chi connectivity index (χ0n) is 8.42. The average molecular weight is 307 g/mol. The third kappa shape index (κ3) is 3.50. The summed E-state index contributed by atoms with van der Waals surface area (Å²) in [7, 11) is 1.25. The summed E-state index contributed by atoms with van der Waals surface area (Å²) >= 11 is 9.10. The van der Waals surface area contributed by atoms with Crippen LogP contribution in [0.4, 0.5) is 0 Å². The smallest absolute Gasteiger partial charge is 0.325 e. The summed E-state index contributed by atoms with van der Waals surface area (Å²) in [5.41, 5.74) is 0.314. The van der Waals surface area contributed by atoms with Gasteiger partial charge in [-0.25, -0.2) is 0 Å². The Morgan fingerprint density at radius 3 is 2.75 bits per heavy atom. The molecule has 1 aromatic carbocycles. The van der Waals surface area contributed by atoms with E-state index in [2.05, 4.69) is 26.0 Å². The molecule has 86 valence electrons. The number of esters is 1. The van der Waals surface area contributed by atoms with Crippen molar-refractivity contribution >= 4 is 39.4 Å². The lowest BCUT2D eigenvalue weighted by atomic mass is 10.2. The number of carbonyl (C=O) groups is 2. The van der Waals surface area contributed by atoms with Gasteiger partial charge in [-0.2, -0.15) is 0 Å². The molecular formula is C10H9BrClNO3. The van der Waals surface area contributed by atoms with Crippen LogP contribution >= 0.6 is 27.5 Å². The van der Waals surface area contributed by atoms with Crippen LogP contribution in [0, 0.1) is 0 Å². The lowest BCUT2D eigenvalue weighted by Gasteiger charge is -2.05. The first kappa shape index (κ1) is 13.0. The van der Waals surface area contributed by atoms with Gasteiger partial charge in [-0.15, -0.1) is 0 Å². The highest BCUT2D eigenvalue weighted by atomic mass is 79.9. The number of amides is 1. The number of hydrogen-bond acceptors (Lipinski definition) is 3. The molecule has 0 aliphatic rings. The maximum atomic E-state index is 11.6. The lowest BCUT2D eigenvalue weighted by Crippen LogP contribution is -2.30. The molecule has 1 amide bonds. The molecule has 1 N–H and O–H groups in total. The summed E-state index contributed by atoms with van der Waals surface area (Å²) in [6.07, 6.45) is 0. The maximum absolute atomic E-state index is 11.6. The average Bonchev–Trinajstić information content (AvgIpc) is 2.25. The maximum Gasteiger partial charge on any atom is 0.325 e. The van der Waals surface area contributed by atoms with Crippen LogP contribution in [0.2, 0.25) is 5.02 Å². The van der Waals surface area contributed by atoms with Crippen molar-refractivity contribution in [3.05, 3.63) is 33.3 Å². The summed E-state index contributed by atoms with van der Waals surface area (Å²) in [5.74, 6) is -0.926. The molecule has 0 fully saturated rings. The number of ether oxygens (including phenoxy) is 1. The van der Waals surface area contributed by atoms with Gasteiger partial charge in [0.15, 0.2) is 0 Å². The van der Waals surface area contributed by atoms with E-state index in [0.29, 0.717) is 10.6 Å². The van der Waals surface area contributed by atoms with Gasteiger partial charge in [0.25, 0.3) is 5.91 Å². The van der Waals surface area contributed by atoms with E-state index in [1.54, 1.807) is 18.2 Å². The first-order valence-electron chi connectivity index (χ1n) is 4.34. The van der Waals surface area contributed by atoms with Gasteiger partial charge in [-0.3, -0.25) is 9.59 Å². The van der Waals surface area contributed by atoms with Crippen molar-refractivity contribution in [2.24, 2.45) is 0 Å². The molecule has 0 saturated heterocycles. The van der Waals surface area contributed by atoms with Crippen LogP contribution in [0.3, 0.4) is 0 Å². The van der Waals surface area contributed by atoms with Crippen LogP contribution in [0.1, 0.15) is 10.4 Å². The Hall–Kier alpha value is -1.07. The van der Waals surface area contributed by atoms with E-state index in [0.717, 1.165) is 4.47 Å². The Bertz CT molecular complexity index is 423. The molecule has 4 nitrogen and oxygen atoms in total. The van der Waals surface area contributed by atoms with Crippen LogP contribution in [0.15, 0.2) is 22.7 Å². The molecule has 0 bridgehead atoms. The molecule has 0 radical (unpaired) electrons. The van der Waals surface area contributed by atoms with Crippen molar-refractivity contribution in [3.8, 4) is 0 Å². The fourth-order valence-corrected chi connectivity index (χ4v) is 1.75. The van der Waals surface area contributed by atoms with E-state index in [9.17, 15) is 9.59 Å². The zero-order chi connectivity index (χ0) is 12.1. The second-order valence-electron chi connectivity index (χ2n) is 2.88. The van der Waals surface area contributed by atoms with E-state index >= 15 is 0 Å². The first-order chi connectivity index (χ1) is 7.54. The van der Waals surface area contributed by atoms with Gasteiger partial charge in [0.2, 0.25) is 0 Å². The van der Waals surface area contributed by atoms with E-state index in [1.165, 1.54) is 7.11 Å². The van der Waals surface area contributed by atoms with Gasteiger partial charge in [-0.1, -0.05) is 27.5 Å². The van der Waals surface area contributed by atoms with Crippen molar-refractivity contribution < 1.29 is 14.3 Å². The zero-order valence-corrected chi connectivity index (χ0v) is 10.8. The predicted octanol–water partition coefficient (Wildman–Crippen LogP) is 2.01. The molecule has 1 aromatic rings. The highest BCUT2D eigenvalue weighted by Crippen LogP contribution is 2.21. The van der Waals surface area contributed by atoms with Gasteiger partial charge in [0.1, 0.15) is 6.54 Å². The number of methoxy groups -OCH3 is 1. The largest absolute Gasteiger partial charge is 0.468 e. The monoisotopic (exact) mass is 305 g/mol. The van der Waals surface area contributed by atoms with E-state index in [1.807, 2.05) is 0 Å². The van der Waals surface area contributed by atoms with E-state index in [-0.39, 0.29) is 6.54 Å². The van der Waals surface area contributed by atoms with Crippen LogP contribution < -0.4 is 5.32 Å². The molecule has 0 unspecified atom stereocenters. The minimum atomic E-state index is -0.512. The van der Waals surface area contributed by atoms with E-state index in [4.69, 9.17) is 11.6 Å². The van der Waals surface area contributed by atoms with Gasteiger partial charge < -0.3 is 10.1 Å². The second kappa shape index (κ2) is 5.86. The number of hydrogen-bond donors (Lipinski definition) is 1. The number of halogens is 2. The van der Waals surface area contributed by atoms with Gasteiger partial charge >= 0.3 is 5.97 Å². The number of nitrogens with one attached hydrogen (secondary N) is 1. The normalized spacial score (nSPS) is 9.69. The van der Waals surface area contributed by atoms with Crippen LogP contribution in [-0.4, -0.2) is 25.5 Å². The van der Waals surface area contributed by atoms with Gasteiger partial charge in [0.05, 0.1) is 17.7 Å². The second-order valence-corrected chi connectivity index (χ2v) is 4.21. The third-order valence-electron chi connectivity index (χ3n) is 1.80. The highest BCUT2D eigenvalue weighted by molar-refractivity contribution is 9.10. The van der Waals surface area contributed by atoms with Crippen LogP contribution in [-0.2, 0) is 9.53 Å². The topological polar surface area (TPSA) is 55.4 Å². The molecular weight excluding hydrogens is 297 g/mol. The fraction of sp³-hybridized carbons (Fsp3) is 0.200. The minimum absolute atomic E-state index is 0.179. The van der Waals surface area contributed by atoms with Crippen molar-refractivity contribution in [3.63, 3.8) is 0 Å². The quantitative estimate of drug-likeness (QED) is 0.869. The molecule has 0 saturated carbocycles. The summed E-state index contributed by atoms with van der Waals surface area (Å²) in [5, 5.41) is 2.71. The van der Waals surface area contributed by atoms with Crippen molar-refractivity contribution in [1.82, 2.24) is 5.32 Å². The summed E-state index contributed by atoms with van der Waals surface area (Å²) in [6, 6.07) is 4.87. The lowest BCUT2D eigenvalue weighted by molar-refractivity contribution is -0.139. The molecule has 6 heteroatoms. The first-order valence-corrected chi connectivity index (χ1v) is 5.51. The van der Waals surface area contributed by atoms with E-state index < -0.39 is 11.9 Å². The molecule has 0 spiro atoms. The number of benzene rings is 1. The number of carbonyl (C=O) groups excluding carboxylic acids is 2. The summed E-state index contributed by atoms with van der Waals surface area (Å²) in [4.78, 5) is 22.4. The molecule has 16 heavy (non-hydrogen) atoms. The van der Waals surface area contributed by atoms with Crippen molar-refractivity contribution in [1.29, 1.82) is 0 Å². The SMILES string of the molecule is COC(=O)CNC(=O)c1ccc(Br)cc1Cl. The Morgan fingerprint density at radius 1 is 1.50 bits per heavy atom. The third-order valence-corrected chi connectivity index (χ3v) is 2.60. The summed E-state index contributed by atoms with van der Waals surface area (Å²) < 4.78 is 5.17. The molecule has 0 aromatic heterocycles. The Kier molecular flexibility index (Phi) is 4.76. The predicted molar refractivity (Wildman–Crippen MR) is 63.5 cm³/mol. The Labute approximate surface area is 106 Å². The highest BCUT2D eigenvalue weighted by Gasteiger charge is 2.11. The Balaban J connectivity index is 2.70. The number of rotatable bonds is 3. The molecule has 0 heterocycles. The molecule has 0 aliphatic carbocycles. The van der Waals surface area contributed by atoms with Crippen LogP contribution in [0.5, 0.6) is 0 Å². The van der Waals surface area contributed by atoms with Crippen molar-refractivity contribution in [2.45, 2.75) is 0 Å². The summed E-state index contributed by atoms with van der Waals surface area (Å²) in [6.45, 7) is -0.179. The van der Waals surface area contributed by atoms with Crippen molar-refractivity contribution in [2.75, 3.05) is 13.7 Å².